The summed E-state index contributed by atoms with van der Waals surface area (Å²) in [7, 11) is 1.62. The molecule has 5 rings (SSSR count). The van der Waals surface area contributed by atoms with Crippen LogP contribution in [-0.4, -0.2) is 49.1 Å². The van der Waals surface area contributed by atoms with Crippen molar-refractivity contribution in [2.75, 3.05) is 38.2 Å². The number of ether oxygens (including phenoxy) is 1. The molecule has 1 saturated heterocycles. The predicted molar refractivity (Wildman–Crippen MR) is 140 cm³/mol. The normalized spacial score (nSPS) is 13.8. The second-order valence-electron chi connectivity index (χ2n) is 8.61. The van der Waals surface area contributed by atoms with E-state index in [1.165, 1.54) is 0 Å². The van der Waals surface area contributed by atoms with Crippen molar-refractivity contribution < 1.29 is 13.9 Å². The number of nitrogens with zero attached hydrogens (tertiary/aromatic N) is 4. The summed E-state index contributed by atoms with van der Waals surface area (Å²) >= 11 is 0. The van der Waals surface area contributed by atoms with E-state index in [4.69, 9.17) is 9.15 Å². The molecule has 4 aromatic rings. The Bertz CT molecular complexity index is 1450. The Morgan fingerprint density at radius 2 is 1.83 bits per heavy atom. The summed E-state index contributed by atoms with van der Waals surface area (Å²) in [5.74, 6) is 1.67. The van der Waals surface area contributed by atoms with Gasteiger partial charge in [0.1, 0.15) is 11.8 Å². The van der Waals surface area contributed by atoms with Gasteiger partial charge in [-0.1, -0.05) is 54.6 Å². The number of amides is 1. The third-order valence-corrected chi connectivity index (χ3v) is 6.39. The van der Waals surface area contributed by atoms with Crippen LogP contribution in [0.25, 0.3) is 22.9 Å². The molecule has 7 nitrogen and oxygen atoms in total. The first-order valence-electron chi connectivity index (χ1n) is 11.9. The van der Waals surface area contributed by atoms with E-state index in [9.17, 15) is 10.1 Å². The maximum atomic E-state index is 13.0. The van der Waals surface area contributed by atoms with E-state index in [1.807, 2.05) is 64.4 Å². The summed E-state index contributed by atoms with van der Waals surface area (Å²) in [5.41, 5.74) is 2.22. The summed E-state index contributed by atoms with van der Waals surface area (Å²) in [5, 5.41) is 11.9. The van der Waals surface area contributed by atoms with E-state index in [0.29, 0.717) is 44.4 Å². The minimum atomic E-state index is 0.103. The van der Waals surface area contributed by atoms with E-state index in [2.05, 4.69) is 29.3 Å². The third-order valence-electron chi connectivity index (χ3n) is 6.39. The third kappa shape index (κ3) is 4.93. The van der Waals surface area contributed by atoms with Gasteiger partial charge in [-0.3, -0.25) is 4.79 Å². The van der Waals surface area contributed by atoms with Gasteiger partial charge in [0.15, 0.2) is 0 Å². The molecule has 2 heterocycles. The highest BCUT2D eigenvalue weighted by molar-refractivity contribution is 5.90. The van der Waals surface area contributed by atoms with Crippen molar-refractivity contribution in [2.45, 2.75) is 6.42 Å². The Labute approximate surface area is 209 Å². The molecule has 1 amide bonds. The van der Waals surface area contributed by atoms with Crippen LogP contribution in [0.1, 0.15) is 22.7 Å². The van der Waals surface area contributed by atoms with Gasteiger partial charge in [0.05, 0.1) is 13.5 Å². The van der Waals surface area contributed by atoms with Crippen LogP contribution in [0.4, 0.5) is 5.88 Å². The van der Waals surface area contributed by atoms with Crippen molar-refractivity contribution in [3.63, 3.8) is 0 Å². The number of nitriles is 1. The molecule has 1 aliphatic heterocycles. The fraction of sp³-hybridized carbons (Fsp3) is 0.207. The zero-order chi connectivity index (χ0) is 24.9. The molecule has 0 unspecified atom stereocenters. The van der Waals surface area contributed by atoms with Crippen LogP contribution < -0.4 is 9.64 Å². The molecule has 0 aliphatic carbocycles. The van der Waals surface area contributed by atoms with Crippen LogP contribution in [0.5, 0.6) is 5.75 Å². The fourth-order valence-electron chi connectivity index (χ4n) is 4.48. The molecule has 1 fully saturated rings. The van der Waals surface area contributed by atoms with Gasteiger partial charge in [0, 0.05) is 32.3 Å². The van der Waals surface area contributed by atoms with Crippen LogP contribution in [0.15, 0.2) is 71.1 Å². The lowest BCUT2D eigenvalue weighted by Crippen LogP contribution is -2.49. The number of rotatable bonds is 6. The first-order valence-corrected chi connectivity index (χ1v) is 11.9. The Hall–Kier alpha value is -4.57. The van der Waals surface area contributed by atoms with E-state index in [0.717, 1.165) is 27.6 Å². The van der Waals surface area contributed by atoms with Gasteiger partial charge < -0.3 is 19.0 Å². The minimum Gasteiger partial charge on any atom is -0.497 e. The number of carbonyl (C=O) groups is 1. The molecule has 0 atom stereocenters. The van der Waals surface area contributed by atoms with Crippen molar-refractivity contribution >= 4 is 34.7 Å². The predicted octanol–water partition coefficient (Wildman–Crippen LogP) is 4.77. The molecule has 1 aliphatic rings. The Morgan fingerprint density at radius 3 is 2.64 bits per heavy atom. The van der Waals surface area contributed by atoms with Crippen LogP contribution in [-0.2, 0) is 11.2 Å². The average molecular weight is 479 g/mol. The van der Waals surface area contributed by atoms with Gasteiger partial charge in [-0.05, 0) is 40.1 Å². The molecule has 0 spiro atoms. The Kier molecular flexibility index (Phi) is 6.67. The van der Waals surface area contributed by atoms with Crippen molar-refractivity contribution in [3.8, 4) is 11.8 Å². The molecule has 3 aromatic carbocycles. The monoisotopic (exact) mass is 478 g/mol. The molecule has 1 aromatic heterocycles. The number of methoxy groups -OCH3 is 1. The lowest BCUT2D eigenvalue weighted by molar-refractivity contribution is -0.130. The number of anilines is 1. The maximum absolute atomic E-state index is 13.0. The lowest BCUT2D eigenvalue weighted by atomic mass is 10.0. The van der Waals surface area contributed by atoms with Gasteiger partial charge in [-0.25, -0.2) is 0 Å². The first-order chi connectivity index (χ1) is 17.6. The molecule has 7 heteroatoms. The molecular formula is C29H26N4O3. The number of fused-ring (bicyclic) bond motifs is 1. The molecule has 0 N–H and O–H groups in total. The SMILES string of the molecule is COc1cccc(C=Cc2nc(C#N)c(N3CCN(C(=O)Cc4cccc5ccccc45)CC3)o2)c1. The van der Waals surface area contributed by atoms with Crippen LogP contribution in [0, 0.1) is 11.3 Å². The number of hydrogen-bond acceptors (Lipinski definition) is 6. The van der Waals surface area contributed by atoms with Crippen LogP contribution in [0.3, 0.4) is 0 Å². The highest BCUT2D eigenvalue weighted by atomic mass is 16.5. The summed E-state index contributed by atoms with van der Waals surface area (Å²) in [4.78, 5) is 21.2. The van der Waals surface area contributed by atoms with Crippen molar-refractivity contribution in [2.24, 2.45) is 0 Å². The van der Waals surface area contributed by atoms with Gasteiger partial charge >= 0.3 is 0 Å². The summed E-state index contributed by atoms with van der Waals surface area (Å²) < 4.78 is 11.2. The van der Waals surface area contributed by atoms with Crippen LogP contribution in [0.2, 0.25) is 0 Å². The topological polar surface area (TPSA) is 82.6 Å². The number of hydrogen-bond donors (Lipinski definition) is 0. The first kappa shape index (κ1) is 23.2. The Balaban J connectivity index is 1.24. The molecule has 36 heavy (non-hydrogen) atoms. The highest BCUT2D eigenvalue weighted by Crippen LogP contribution is 2.25. The fourth-order valence-corrected chi connectivity index (χ4v) is 4.48. The number of carbonyl (C=O) groups excluding carboxylic acids is 1. The van der Waals surface area contributed by atoms with Crippen molar-refractivity contribution in [1.82, 2.24) is 9.88 Å². The standard InChI is InChI=1S/C29H26N4O3/c1-35-24-10-4-6-21(18-24)12-13-27-31-26(20-30)29(36-27)33-16-14-32(15-17-33)28(34)19-23-9-5-8-22-7-2-3-11-25(22)23/h2-13,18H,14-17,19H2,1H3. The zero-order valence-corrected chi connectivity index (χ0v) is 20.1. The second-order valence-corrected chi connectivity index (χ2v) is 8.61. The highest BCUT2D eigenvalue weighted by Gasteiger charge is 2.26. The summed E-state index contributed by atoms with van der Waals surface area (Å²) in [6, 6.07) is 24.0. The smallest absolute Gasteiger partial charge is 0.235 e. The maximum Gasteiger partial charge on any atom is 0.235 e. The van der Waals surface area contributed by atoms with E-state index in [-0.39, 0.29) is 11.6 Å². The number of oxazole rings is 1. The minimum absolute atomic E-state index is 0.103. The number of aromatic nitrogens is 1. The molecule has 0 radical (unpaired) electrons. The summed E-state index contributed by atoms with van der Waals surface area (Å²) in [6.45, 7) is 2.27. The van der Waals surface area contributed by atoms with Crippen LogP contribution >= 0.6 is 0 Å². The van der Waals surface area contributed by atoms with E-state index in [1.54, 1.807) is 13.2 Å². The van der Waals surface area contributed by atoms with Gasteiger partial charge in [-0.2, -0.15) is 10.2 Å². The van der Waals surface area contributed by atoms with E-state index >= 15 is 0 Å². The molecular weight excluding hydrogens is 452 g/mol. The van der Waals surface area contributed by atoms with E-state index < -0.39 is 0 Å². The zero-order valence-electron chi connectivity index (χ0n) is 20.1. The largest absolute Gasteiger partial charge is 0.497 e. The second kappa shape index (κ2) is 10.4. The summed E-state index contributed by atoms with van der Waals surface area (Å²) in [6.07, 6.45) is 3.97. The average Bonchev–Trinajstić information content (AvgIpc) is 3.36. The number of benzene rings is 3. The molecule has 180 valence electrons. The number of piperazine rings is 1. The van der Waals surface area contributed by atoms with Crippen molar-refractivity contribution in [1.29, 1.82) is 5.26 Å². The lowest BCUT2D eigenvalue weighted by Gasteiger charge is -2.34. The molecule has 0 bridgehead atoms. The van der Waals surface area contributed by atoms with Gasteiger partial charge in [0.25, 0.3) is 0 Å². The Morgan fingerprint density at radius 1 is 1.06 bits per heavy atom. The molecule has 0 saturated carbocycles. The van der Waals surface area contributed by atoms with Gasteiger partial charge in [0.2, 0.25) is 23.4 Å². The quantitative estimate of drug-likeness (QED) is 0.397. The van der Waals surface area contributed by atoms with Gasteiger partial charge in [-0.15, -0.1) is 0 Å². The van der Waals surface area contributed by atoms with Crippen molar-refractivity contribution in [3.05, 3.63) is 89.4 Å².